The van der Waals surface area contributed by atoms with Crippen molar-refractivity contribution in [3.05, 3.63) is 40.4 Å². The minimum atomic E-state index is -0.896. The number of benzene rings is 1. The molecule has 0 unspecified atom stereocenters. The van der Waals surface area contributed by atoms with Crippen LogP contribution in [0.4, 0.5) is 0 Å². The van der Waals surface area contributed by atoms with Gasteiger partial charge in [-0.05, 0) is 30.5 Å². The average molecular weight is 296 g/mol. The zero-order valence-electron chi connectivity index (χ0n) is 9.40. The molecule has 0 saturated carbocycles. The molecule has 0 bridgehead atoms. The van der Waals surface area contributed by atoms with Gasteiger partial charge in [-0.1, -0.05) is 28.1 Å². The summed E-state index contributed by atoms with van der Waals surface area (Å²) in [6.45, 7) is 1.87. The Morgan fingerprint density at radius 2 is 2.06 bits per heavy atom. The Kier molecular flexibility index (Phi) is 3.84. The van der Waals surface area contributed by atoms with E-state index in [0.29, 0.717) is 0 Å². The van der Waals surface area contributed by atoms with Crippen LogP contribution in [0.1, 0.15) is 18.4 Å². The molecule has 1 heterocycles. The van der Waals surface area contributed by atoms with Crippen molar-refractivity contribution in [3.63, 3.8) is 0 Å². The number of carboxylic acid groups (broad SMARTS) is 1. The van der Waals surface area contributed by atoms with Gasteiger partial charge in [-0.25, -0.2) is 4.79 Å². The molecule has 0 atom stereocenters. The number of carboxylic acids is 1. The largest absolute Gasteiger partial charge is 0.478 e. The van der Waals surface area contributed by atoms with Gasteiger partial charge < -0.3 is 10.0 Å². The third kappa shape index (κ3) is 3.09. The minimum Gasteiger partial charge on any atom is -0.478 e. The van der Waals surface area contributed by atoms with E-state index >= 15 is 0 Å². The number of hydrogen-bond donors (Lipinski definition) is 1. The van der Waals surface area contributed by atoms with Crippen LogP contribution in [0.2, 0.25) is 0 Å². The van der Waals surface area contributed by atoms with E-state index < -0.39 is 5.97 Å². The zero-order valence-corrected chi connectivity index (χ0v) is 11.0. The van der Waals surface area contributed by atoms with Gasteiger partial charge in [0.2, 0.25) is 0 Å². The molecule has 2 rings (SSSR count). The summed E-state index contributed by atoms with van der Waals surface area (Å²) in [7, 11) is 0. The lowest BCUT2D eigenvalue weighted by atomic mass is 10.1. The lowest BCUT2D eigenvalue weighted by Crippen LogP contribution is -2.18. The van der Waals surface area contributed by atoms with Crippen molar-refractivity contribution in [3.8, 4) is 0 Å². The summed E-state index contributed by atoms with van der Waals surface area (Å²) in [5.74, 6) is -0.896. The Balaban J connectivity index is 2.36. The molecule has 3 nitrogen and oxygen atoms in total. The predicted octanol–water partition coefficient (Wildman–Crippen LogP) is 2.97. The maximum absolute atomic E-state index is 10.9. The van der Waals surface area contributed by atoms with E-state index in [9.17, 15) is 4.79 Å². The first kappa shape index (κ1) is 12.2. The van der Waals surface area contributed by atoms with Crippen LogP contribution < -0.4 is 0 Å². The van der Waals surface area contributed by atoms with Gasteiger partial charge in [0, 0.05) is 23.6 Å². The van der Waals surface area contributed by atoms with E-state index in [1.807, 2.05) is 24.3 Å². The molecule has 0 radical (unpaired) electrons. The standard InChI is InChI=1S/C13H14BrNO2/c14-11-5-3-4-10(8-11)12(9-13(16)17)15-6-1-2-7-15/h3-5,8-9H,1-2,6-7H2,(H,16,17)/b12-9-. The highest BCUT2D eigenvalue weighted by Crippen LogP contribution is 2.25. The lowest BCUT2D eigenvalue weighted by Gasteiger charge is -2.21. The molecule has 0 aromatic heterocycles. The number of aliphatic carboxylic acids is 1. The Bertz CT molecular complexity index is 450. The first-order chi connectivity index (χ1) is 8.16. The van der Waals surface area contributed by atoms with E-state index in [-0.39, 0.29) is 0 Å². The van der Waals surface area contributed by atoms with Crippen LogP contribution >= 0.6 is 15.9 Å². The average Bonchev–Trinajstić information content (AvgIpc) is 2.79. The second kappa shape index (κ2) is 5.36. The number of likely N-dealkylation sites (tertiary alicyclic amines) is 1. The molecule has 1 aliphatic rings. The number of halogens is 1. The smallest absolute Gasteiger partial charge is 0.330 e. The molecule has 1 saturated heterocycles. The number of carbonyl (C=O) groups is 1. The summed E-state index contributed by atoms with van der Waals surface area (Å²) in [5, 5.41) is 8.96. The Morgan fingerprint density at radius 1 is 1.35 bits per heavy atom. The van der Waals surface area contributed by atoms with Crippen LogP contribution in [-0.2, 0) is 4.79 Å². The highest BCUT2D eigenvalue weighted by atomic mass is 79.9. The summed E-state index contributed by atoms with van der Waals surface area (Å²) < 4.78 is 0.963. The normalized spacial score (nSPS) is 16.3. The maximum atomic E-state index is 10.9. The van der Waals surface area contributed by atoms with Crippen LogP contribution in [0, 0.1) is 0 Å². The van der Waals surface area contributed by atoms with Crippen molar-refractivity contribution < 1.29 is 9.90 Å². The van der Waals surface area contributed by atoms with Gasteiger partial charge in [-0.2, -0.15) is 0 Å². The van der Waals surface area contributed by atoms with Gasteiger partial charge >= 0.3 is 5.97 Å². The fourth-order valence-corrected chi connectivity index (χ4v) is 2.48. The Labute approximate surface area is 109 Å². The first-order valence-corrected chi connectivity index (χ1v) is 6.41. The van der Waals surface area contributed by atoms with E-state index in [0.717, 1.165) is 41.7 Å². The summed E-state index contributed by atoms with van der Waals surface area (Å²) in [5.41, 5.74) is 1.75. The van der Waals surface area contributed by atoms with Crippen molar-refractivity contribution in [2.24, 2.45) is 0 Å². The van der Waals surface area contributed by atoms with Gasteiger partial charge in [0.15, 0.2) is 0 Å². The third-order valence-electron chi connectivity index (χ3n) is 2.83. The summed E-state index contributed by atoms with van der Waals surface area (Å²) in [6.07, 6.45) is 3.56. The Morgan fingerprint density at radius 3 is 2.65 bits per heavy atom. The summed E-state index contributed by atoms with van der Waals surface area (Å²) in [4.78, 5) is 13.0. The number of rotatable bonds is 3. The molecule has 1 aliphatic heterocycles. The molecule has 1 N–H and O–H groups in total. The minimum absolute atomic E-state index is 0.802. The summed E-state index contributed by atoms with van der Waals surface area (Å²) in [6, 6.07) is 7.75. The van der Waals surface area contributed by atoms with E-state index in [1.165, 1.54) is 6.08 Å². The number of hydrogen-bond acceptors (Lipinski definition) is 2. The Hall–Kier alpha value is -1.29. The van der Waals surface area contributed by atoms with Gasteiger partial charge in [-0.15, -0.1) is 0 Å². The highest BCUT2D eigenvalue weighted by molar-refractivity contribution is 9.10. The monoisotopic (exact) mass is 295 g/mol. The van der Waals surface area contributed by atoms with Gasteiger partial charge in [0.25, 0.3) is 0 Å². The second-order valence-electron chi connectivity index (χ2n) is 4.07. The molecule has 1 aromatic rings. The van der Waals surface area contributed by atoms with Crippen molar-refractivity contribution in [2.75, 3.05) is 13.1 Å². The van der Waals surface area contributed by atoms with Crippen molar-refractivity contribution >= 4 is 27.6 Å². The fourth-order valence-electron chi connectivity index (χ4n) is 2.08. The topological polar surface area (TPSA) is 40.5 Å². The van der Waals surface area contributed by atoms with Crippen LogP contribution in [0.15, 0.2) is 34.8 Å². The fraction of sp³-hybridized carbons (Fsp3) is 0.308. The molecule has 0 aliphatic carbocycles. The van der Waals surface area contributed by atoms with Gasteiger partial charge in [0.1, 0.15) is 0 Å². The van der Waals surface area contributed by atoms with Crippen molar-refractivity contribution in [2.45, 2.75) is 12.8 Å². The van der Waals surface area contributed by atoms with E-state index in [4.69, 9.17) is 5.11 Å². The zero-order chi connectivity index (χ0) is 12.3. The third-order valence-corrected chi connectivity index (χ3v) is 3.32. The van der Waals surface area contributed by atoms with Gasteiger partial charge in [-0.3, -0.25) is 0 Å². The van der Waals surface area contributed by atoms with Crippen LogP contribution in [-0.4, -0.2) is 29.1 Å². The molecule has 90 valence electrons. The molecular weight excluding hydrogens is 282 g/mol. The van der Waals surface area contributed by atoms with Crippen molar-refractivity contribution in [1.82, 2.24) is 4.90 Å². The summed E-state index contributed by atoms with van der Waals surface area (Å²) >= 11 is 3.41. The van der Waals surface area contributed by atoms with Crippen LogP contribution in [0.3, 0.4) is 0 Å². The second-order valence-corrected chi connectivity index (χ2v) is 4.99. The molecule has 4 heteroatoms. The van der Waals surface area contributed by atoms with Gasteiger partial charge in [0.05, 0.1) is 5.70 Å². The molecule has 0 spiro atoms. The van der Waals surface area contributed by atoms with Crippen LogP contribution in [0.5, 0.6) is 0 Å². The first-order valence-electron chi connectivity index (χ1n) is 5.62. The van der Waals surface area contributed by atoms with E-state index in [2.05, 4.69) is 20.8 Å². The number of nitrogens with zero attached hydrogens (tertiary/aromatic N) is 1. The molecular formula is C13H14BrNO2. The maximum Gasteiger partial charge on any atom is 0.330 e. The predicted molar refractivity (Wildman–Crippen MR) is 70.6 cm³/mol. The molecule has 17 heavy (non-hydrogen) atoms. The van der Waals surface area contributed by atoms with E-state index in [1.54, 1.807) is 0 Å². The van der Waals surface area contributed by atoms with Crippen LogP contribution in [0.25, 0.3) is 5.70 Å². The highest BCUT2D eigenvalue weighted by Gasteiger charge is 2.17. The van der Waals surface area contributed by atoms with Crippen molar-refractivity contribution in [1.29, 1.82) is 0 Å². The molecule has 1 fully saturated rings. The molecule has 0 amide bonds. The lowest BCUT2D eigenvalue weighted by molar-refractivity contribution is -0.131. The SMILES string of the molecule is O=C(O)/C=C(/c1cccc(Br)c1)N1CCCC1. The quantitative estimate of drug-likeness (QED) is 0.872. The molecule has 1 aromatic carbocycles.